The molecule has 0 aliphatic heterocycles. The van der Waals surface area contributed by atoms with E-state index in [4.69, 9.17) is 9.47 Å². The molecule has 1 aromatic rings. The fraction of sp³-hybridized carbons (Fsp3) is 0.611. The number of rotatable bonds is 7. The molecular formula is C18H28ClNO3. The third kappa shape index (κ3) is 6.40. The zero-order valence-electron chi connectivity index (χ0n) is 14.0. The molecule has 4 nitrogen and oxygen atoms in total. The third-order valence-electron chi connectivity index (χ3n) is 4.14. The van der Waals surface area contributed by atoms with Gasteiger partial charge < -0.3 is 14.8 Å². The minimum Gasteiger partial charge on any atom is -0.490 e. The lowest BCUT2D eigenvalue weighted by Crippen LogP contribution is -2.37. The lowest BCUT2D eigenvalue weighted by Gasteiger charge is -2.23. The van der Waals surface area contributed by atoms with Crippen molar-refractivity contribution < 1.29 is 14.3 Å². The van der Waals surface area contributed by atoms with Gasteiger partial charge in [0, 0.05) is 0 Å². The van der Waals surface area contributed by atoms with E-state index in [0.29, 0.717) is 19.1 Å². The Morgan fingerprint density at radius 1 is 1.22 bits per heavy atom. The van der Waals surface area contributed by atoms with Crippen molar-refractivity contribution in [2.75, 3.05) is 13.7 Å². The summed E-state index contributed by atoms with van der Waals surface area (Å²) in [5.41, 5.74) is 1.10. The van der Waals surface area contributed by atoms with Crippen LogP contribution in [0.25, 0.3) is 0 Å². The highest BCUT2D eigenvalue weighted by molar-refractivity contribution is 5.85. The molecular weight excluding hydrogens is 314 g/mol. The monoisotopic (exact) mass is 341 g/mol. The Labute approximate surface area is 145 Å². The van der Waals surface area contributed by atoms with E-state index in [1.54, 1.807) is 7.05 Å². The van der Waals surface area contributed by atoms with Crippen LogP contribution in [0.4, 0.5) is 0 Å². The maximum atomic E-state index is 11.8. The summed E-state index contributed by atoms with van der Waals surface area (Å²) in [6.45, 7) is 2.23. The van der Waals surface area contributed by atoms with E-state index in [1.165, 1.54) is 19.3 Å². The van der Waals surface area contributed by atoms with Crippen molar-refractivity contribution in [3.8, 4) is 5.75 Å². The molecule has 1 aromatic carbocycles. The number of carbonyl (C=O) groups excluding carboxylic acids is 1. The zero-order valence-corrected chi connectivity index (χ0v) is 14.9. The van der Waals surface area contributed by atoms with Crippen LogP contribution in [0.15, 0.2) is 24.3 Å². The van der Waals surface area contributed by atoms with Gasteiger partial charge in [0.15, 0.2) is 0 Å². The summed E-state index contributed by atoms with van der Waals surface area (Å²) in [4.78, 5) is 11.8. The van der Waals surface area contributed by atoms with Gasteiger partial charge in [0.25, 0.3) is 0 Å². The molecule has 1 atom stereocenters. The average molecular weight is 342 g/mol. The van der Waals surface area contributed by atoms with Gasteiger partial charge in [-0.05, 0) is 63.8 Å². The molecule has 0 radical (unpaired) electrons. The molecule has 0 bridgehead atoms. The molecule has 0 aromatic heterocycles. The first-order chi connectivity index (χ1) is 10.7. The van der Waals surface area contributed by atoms with Crippen LogP contribution in [0.3, 0.4) is 0 Å². The van der Waals surface area contributed by atoms with Crippen LogP contribution in [0.5, 0.6) is 5.75 Å². The standard InChI is InChI=1S/C18H27NO3.ClH/c1-3-21-18(20)17(19-2)13-14-9-11-16(12-10-14)22-15-7-5-4-6-8-15;/h9-12,15,17,19H,3-8,13H2,1-2H3;1H. The smallest absolute Gasteiger partial charge is 0.323 e. The number of hydrogen-bond donors (Lipinski definition) is 1. The van der Waals surface area contributed by atoms with Crippen molar-refractivity contribution >= 4 is 18.4 Å². The fourth-order valence-electron chi connectivity index (χ4n) is 2.86. The highest BCUT2D eigenvalue weighted by Gasteiger charge is 2.18. The number of ether oxygens (including phenoxy) is 2. The highest BCUT2D eigenvalue weighted by atomic mass is 35.5. The lowest BCUT2D eigenvalue weighted by molar-refractivity contribution is -0.145. The number of esters is 1. The molecule has 0 spiro atoms. The molecule has 1 unspecified atom stereocenters. The first-order valence-corrected chi connectivity index (χ1v) is 8.32. The van der Waals surface area contributed by atoms with Crippen LogP contribution in [0.1, 0.15) is 44.6 Å². The van der Waals surface area contributed by atoms with Gasteiger partial charge in [-0.1, -0.05) is 18.6 Å². The Hall–Kier alpha value is -1.26. The first kappa shape index (κ1) is 19.8. The van der Waals surface area contributed by atoms with E-state index in [9.17, 15) is 4.79 Å². The topological polar surface area (TPSA) is 47.6 Å². The summed E-state index contributed by atoms with van der Waals surface area (Å²) in [5.74, 6) is 0.723. The summed E-state index contributed by atoms with van der Waals surface area (Å²) in [7, 11) is 1.78. The molecule has 1 saturated carbocycles. The number of nitrogens with one attached hydrogen (secondary N) is 1. The Bertz CT molecular complexity index is 458. The summed E-state index contributed by atoms with van der Waals surface area (Å²) < 4.78 is 11.1. The molecule has 1 N–H and O–H groups in total. The number of hydrogen-bond acceptors (Lipinski definition) is 4. The van der Waals surface area contributed by atoms with Crippen LogP contribution in [-0.2, 0) is 16.0 Å². The van der Waals surface area contributed by atoms with Gasteiger partial charge in [-0.25, -0.2) is 0 Å². The van der Waals surface area contributed by atoms with Crippen molar-refractivity contribution in [3.05, 3.63) is 29.8 Å². The number of carbonyl (C=O) groups is 1. The molecule has 23 heavy (non-hydrogen) atoms. The molecule has 1 fully saturated rings. The average Bonchev–Trinajstić information content (AvgIpc) is 2.55. The van der Waals surface area contributed by atoms with Crippen molar-refractivity contribution in [1.29, 1.82) is 0 Å². The zero-order chi connectivity index (χ0) is 15.8. The van der Waals surface area contributed by atoms with Crippen LogP contribution in [0.2, 0.25) is 0 Å². The van der Waals surface area contributed by atoms with E-state index >= 15 is 0 Å². The van der Waals surface area contributed by atoms with Crippen molar-refractivity contribution in [1.82, 2.24) is 5.32 Å². The number of likely N-dealkylation sites (N-methyl/N-ethyl adjacent to an activating group) is 1. The maximum Gasteiger partial charge on any atom is 0.323 e. The minimum absolute atomic E-state index is 0. The first-order valence-electron chi connectivity index (χ1n) is 8.32. The predicted molar refractivity (Wildman–Crippen MR) is 94.4 cm³/mol. The second kappa shape index (κ2) is 10.5. The summed E-state index contributed by atoms with van der Waals surface area (Å²) in [6, 6.07) is 7.76. The van der Waals surface area contributed by atoms with Crippen LogP contribution in [0, 0.1) is 0 Å². The SMILES string of the molecule is CCOC(=O)C(Cc1ccc(OC2CCCCC2)cc1)NC.Cl. The Morgan fingerprint density at radius 3 is 2.43 bits per heavy atom. The molecule has 0 amide bonds. The molecule has 1 aliphatic rings. The molecule has 0 heterocycles. The normalized spacial score (nSPS) is 16.3. The Kier molecular flexibility index (Phi) is 9.03. The van der Waals surface area contributed by atoms with Crippen molar-refractivity contribution in [2.24, 2.45) is 0 Å². The van der Waals surface area contributed by atoms with Gasteiger partial charge >= 0.3 is 5.97 Å². The van der Waals surface area contributed by atoms with Crippen LogP contribution in [-0.4, -0.2) is 31.8 Å². The van der Waals surface area contributed by atoms with Crippen molar-refractivity contribution in [3.63, 3.8) is 0 Å². The number of benzene rings is 1. The van der Waals surface area contributed by atoms with Crippen LogP contribution < -0.4 is 10.1 Å². The van der Waals surface area contributed by atoms with E-state index < -0.39 is 0 Å². The van der Waals surface area contributed by atoms with Gasteiger partial charge in [-0.3, -0.25) is 4.79 Å². The Balaban J connectivity index is 0.00000264. The summed E-state index contributed by atoms with van der Waals surface area (Å²) in [5, 5.41) is 3.01. The molecule has 130 valence electrons. The number of halogens is 1. The maximum absolute atomic E-state index is 11.8. The second-order valence-corrected chi connectivity index (χ2v) is 5.82. The van der Waals surface area contributed by atoms with E-state index in [-0.39, 0.29) is 24.4 Å². The van der Waals surface area contributed by atoms with E-state index in [0.717, 1.165) is 24.2 Å². The molecule has 2 rings (SSSR count). The summed E-state index contributed by atoms with van der Waals surface area (Å²) >= 11 is 0. The van der Waals surface area contributed by atoms with Crippen molar-refractivity contribution in [2.45, 2.75) is 57.6 Å². The minimum atomic E-state index is -0.301. The van der Waals surface area contributed by atoms with Gasteiger partial charge in [0.1, 0.15) is 11.8 Å². The van der Waals surface area contributed by atoms with Gasteiger partial charge in [0.05, 0.1) is 12.7 Å². The van der Waals surface area contributed by atoms with Gasteiger partial charge in [0.2, 0.25) is 0 Å². The quantitative estimate of drug-likeness (QED) is 0.771. The van der Waals surface area contributed by atoms with Crippen LogP contribution >= 0.6 is 12.4 Å². The lowest BCUT2D eigenvalue weighted by atomic mass is 9.98. The third-order valence-corrected chi connectivity index (χ3v) is 4.14. The van der Waals surface area contributed by atoms with Gasteiger partial charge in [-0.15, -0.1) is 12.4 Å². The highest BCUT2D eigenvalue weighted by Crippen LogP contribution is 2.23. The Morgan fingerprint density at radius 2 is 1.87 bits per heavy atom. The second-order valence-electron chi connectivity index (χ2n) is 5.82. The molecule has 0 saturated heterocycles. The molecule has 5 heteroatoms. The fourth-order valence-corrected chi connectivity index (χ4v) is 2.86. The van der Waals surface area contributed by atoms with Gasteiger partial charge in [-0.2, -0.15) is 0 Å². The van der Waals surface area contributed by atoms with E-state index in [2.05, 4.69) is 5.32 Å². The largest absolute Gasteiger partial charge is 0.490 e. The van der Waals surface area contributed by atoms with E-state index in [1.807, 2.05) is 31.2 Å². The predicted octanol–water partition coefficient (Wildman–Crippen LogP) is 3.51. The molecule has 1 aliphatic carbocycles. The summed E-state index contributed by atoms with van der Waals surface area (Å²) in [6.07, 6.45) is 7.18.